The first kappa shape index (κ1) is 14.1. The van der Waals surface area contributed by atoms with Crippen LogP contribution in [0.15, 0.2) is 24.3 Å². The van der Waals surface area contributed by atoms with Gasteiger partial charge in [0.15, 0.2) is 0 Å². The van der Waals surface area contributed by atoms with Gasteiger partial charge in [-0.25, -0.2) is 0 Å². The van der Waals surface area contributed by atoms with E-state index in [9.17, 15) is 9.90 Å². The monoisotopic (exact) mass is 261 g/mol. The van der Waals surface area contributed by atoms with Crippen LogP contribution in [-0.4, -0.2) is 18.2 Å². The highest BCUT2D eigenvalue weighted by Gasteiger charge is 2.42. The van der Waals surface area contributed by atoms with E-state index in [1.165, 1.54) is 5.56 Å². The van der Waals surface area contributed by atoms with Gasteiger partial charge in [0.2, 0.25) is 0 Å². The molecule has 0 bridgehead atoms. The zero-order valence-electron chi connectivity index (χ0n) is 11.9. The number of hydrogen-bond donors (Lipinski definition) is 0. The molecule has 0 aromatic heterocycles. The Hall–Kier alpha value is -1.35. The molecule has 1 fully saturated rings. The third kappa shape index (κ3) is 3.16. The second kappa shape index (κ2) is 4.97. The third-order valence-electron chi connectivity index (χ3n) is 3.98. The summed E-state index contributed by atoms with van der Waals surface area (Å²) in [6.07, 6.45) is 1.49. The van der Waals surface area contributed by atoms with Crippen molar-refractivity contribution in [2.45, 2.75) is 51.0 Å². The Bertz CT molecular complexity index is 461. The zero-order valence-corrected chi connectivity index (χ0v) is 11.9. The maximum atomic E-state index is 11.2. The SMILES string of the molecule is Cc1ccc([C@]2(CC(=O)[O-])CCOC(C)(C)C2)cc1. The summed E-state index contributed by atoms with van der Waals surface area (Å²) >= 11 is 0. The van der Waals surface area contributed by atoms with Gasteiger partial charge in [0, 0.05) is 18.0 Å². The van der Waals surface area contributed by atoms with Gasteiger partial charge in [0.1, 0.15) is 0 Å². The lowest BCUT2D eigenvalue weighted by Gasteiger charge is -2.45. The molecule has 0 spiro atoms. The summed E-state index contributed by atoms with van der Waals surface area (Å²) in [5, 5.41) is 11.2. The molecule has 0 amide bonds. The van der Waals surface area contributed by atoms with Gasteiger partial charge in [0.25, 0.3) is 0 Å². The van der Waals surface area contributed by atoms with E-state index in [4.69, 9.17) is 4.74 Å². The van der Waals surface area contributed by atoms with Crippen molar-refractivity contribution < 1.29 is 14.6 Å². The number of rotatable bonds is 3. The van der Waals surface area contributed by atoms with Crippen LogP contribution < -0.4 is 5.11 Å². The Morgan fingerprint density at radius 3 is 2.47 bits per heavy atom. The normalized spacial score (nSPS) is 26.1. The standard InChI is InChI=1S/C16H22O3/c1-12-4-6-13(7-5-12)16(10-14(17)18)8-9-19-15(2,3)11-16/h4-7H,8-11H2,1-3H3,(H,17,18)/p-1/t16-/m0/s1. The van der Waals surface area contributed by atoms with Crippen LogP contribution in [0.1, 0.15) is 44.2 Å². The number of carboxylic acids is 1. The van der Waals surface area contributed by atoms with E-state index in [0.29, 0.717) is 13.0 Å². The lowest BCUT2D eigenvalue weighted by Crippen LogP contribution is -2.47. The summed E-state index contributed by atoms with van der Waals surface area (Å²) in [5.74, 6) is -0.988. The largest absolute Gasteiger partial charge is 0.550 e. The Balaban J connectivity index is 2.39. The first-order valence-electron chi connectivity index (χ1n) is 6.74. The van der Waals surface area contributed by atoms with E-state index in [1.807, 2.05) is 45.0 Å². The molecule has 1 aliphatic rings. The van der Waals surface area contributed by atoms with Crippen molar-refractivity contribution in [1.29, 1.82) is 0 Å². The molecule has 2 rings (SSSR count). The topological polar surface area (TPSA) is 49.4 Å². The lowest BCUT2D eigenvalue weighted by molar-refractivity contribution is -0.308. The molecule has 1 saturated heterocycles. The van der Waals surface area contributed by atoms with Crippen molar-refractivity contribution in [2.24, 2.45) is 0 Å². The molecule has 0 saturated carbocycles. The van der Waals surface area contributed by atoms with Crippen LogP contribution in [0.5, 0.6) is 0 Å². The van der Waals surface area contributed by atoms with E-state index in [0.717, 1.165) is 12.0 Å². The molecule has 0 N–H and O–H groups in total. The highest BCUT2D eigenvalue weighted by atomic mass is 16.5. The quantitative estimate of drug-likeness (QED) is 0.835. The van der Waals surface area contributed by atoms with Crippen LogP contribution in [0.25, 0.3) is 0 Å². The van der Waals surface area contributed by atoms with Crippen LogP contribution in [0.2, 0.25) is 0 Å². The predicted octanol–water partition coefficient (Wildman–Crippen LogP) is 1.96. The van der Waals surface area contributed by atoms with E-state index in [-0.39, 0.29) is 17.4 Å². The fourth-order valence-corrected chi connectivity index (χ4v) is 3.16. The number of ether oxygens (including phenoxy) is 1. The molecule has 1 heterocycles. The molecule has 0 aliphatic carbocycles. The smallest absolute Gasteiger partial charge is 0.0635 e. The maximum absolute atomic E-state index is 11.2. The van der Waals surface area contributed by atoms with Crippen LogP contribution in [0.4, 0.5) is 0 Å². The van der Waals surface area contributed by atoms with Crippen molar-refractivity contribution in [3.8, 4) is 0 Å². The molecular weight excluding hydrogens is 240 g/mol. The Morgan fingerprint density at radius 1 is 1.32 bits per heavy atom. The number of carbonyl (C=O) groups is 1. The maximum Gasteiger partial charge on any atom is 0.0635 e. The molecule has 1 aromatic rings. The minimum absolute atomic E-state index is 0.0584. The number of carbonyl (C=O) groups excluding carboxylic acids is 1. The summed E-state index contributed by atoms with van der Waals surface area (Å²) in [4.78, 5) is 11.2. The van der Waals surface area contributed by atoms with Gasteiger partial charge in [-0.3, -0.25) is 0 Å². The lowest BCUT2D eigenvalue weighted by atomic mass is 9.67. The molecule has 0 unspecified atom stereocenters. The van der Waals surface area contributed by atoms with E-state index in [1.54, 1.807) is 0 Å². The molecule has 1 aliphatic heterocycles. The van der Waals surface area contributed by atoms with Gasteiger partial charge in [-0.2, -0.15) is 0 Å². The number of benzene rings is 1. The van der Waals surface area contributed by atoms with Gasteiger partial charge in [-0.05, 0) is 45.6 Å². The first-order valence-corrected chi connectivity index (χ1v) is 6.74. The van der Waals surface area contributed by atoms with E-state index < -0.39 is 5.97 Å². The van der Waals surface area contributed by atoms with Crippen molar-refractivity contribution in [1.82, 2.24) is 0 Å². The first-order chi connectivity index (χ1) is 8.83. The summed E-state index contributed by atoms with van der Waals surface area (Å²) in [7, 11) is 0. The molecule has 0 radical (unpaired) electrons. The minimum Gasteiger partial charge on any atom is -0.550 e. The summed E-state index contributed by atoms with van der Waals surface area (Å²) in [6.45, 7) is 6.66. The van der Waals surface area contributed by atoms with Crippen LogP contribution >= 0.6 is 0 Å². The second-order valence-corrected chi connectivity index (χ2v) is 6.23. The van der Waals surface area contributed by atoms with Gasteiger partial charge in [-0.1, -0.05) is 29.8 Å². The third-order valence-corrected chi connectivity index (χ3v) is 3.98. The summed E-state index contributed by atoms with van der Waals surface area (Å²) < 4.78 is 5.73. The highest BCUT2D eigenvalue weighted by molar-refractivity contribution is 5.67. The van der Waals surface area contributed by atoms with Crippen LogP contribution in [-0.2, 0) is 14.9 Å². The Morgan fingerprint density at radius 2 is 1.95 bits per heavy atom. The molecule has 104 valence electrons. The number of carboxylic acid groups (broad SMARTS) is 1. The van der Waals surface area contributed by atoms with E-state index >= 15 is 0 Å². The fraction of sp³-hybridized carbons (Fsp3) is 0.562. The molecular formula is C16H21O3-. The van der Waals surface area contributed by atoms with E-state index in [2.05, 4.69) is 0 Å². The van der Waals surface area contributed by atoms with Gasteiger partial charge >= 0.3 is 0 Å². The summed E-state index contributed by atoms with van der Waals surface area (Å²) in [6, 6.07) is 8.16. The molecule has 3 nitrogen and oxygen atoms in total. The van der Waals surface area contributed by atoms with Gasteiger partial charge in [0.05, 0.1) is 5.60 Å². The predicted molar refractivity (Wildman–Crippen MR) is 71.7 cm³/mol. The number of aliphatic carboxylic acids is 1. The minimum atomic E-state index is -0.988. The average Bonchev–Trinajstić information content (AvgIpc) is 2.27. The Labute approximate surface area is 114 Å². The van der Waals surface area contributed by atoms with Gasteiger partial charge in [-0.15, -0.1) is 0 Å². The van der Waals surface area contributed by atoms with Crippen molar-refractivity contribution >= 4 is 5.97 Å². The molecule has 1 aromatic carbocycles. The van der Waals surface area contributed by atoms with Crippen molar-refractivity contribution in [3.05, 3.63) is 35.4 Å². The molecule has 3 heteroatoms. The van der Waals surface area contributed by atoms with Crippen molar-refractivity contribution in [3.63, 3.8) is 0 Å². The average molecular weight is 261 g/mol. The van der Waals surface area contributed by atoms with Gasteiger partial charge < -0.3 is 14.6 Å². The molecule has 19 heavy (non-hydrogen) atoms. The number of hydrogen-bond acceptors (Lipinski definition) is 3. The molecule has 1 atom stereocenters. The zero-order chi connectivity index (χ0) is 14.1. The number of aryl methyl sites for hydroxylation is 1. The highest BCUT2D eigenvalue weighted by Crippen LogP contribution is 2.43. The van der Waals surface area contributed by atoms with Crippen molar-refractivity contribution in [2.75, 3.05) is 6.61 Å². The fourth-order valence-electron chi connectivity index (χ4n) is 3.16. The Kier molecular flexibility index (Phi) is 3.68. The van der Waals surface area contributed by atoms with Crippen LogP contribution in [0.3, 0.4) is 0 Å². The van der Waals surface area contributed by atoms with Crippen LogP contribution in [0, 0.1) is 6.92 Å². The second-order valence-electron chi connectivity index (χ2n) is 6.23. The summed E-state index contributed by atoms with van der Waals surface area (Å²) in [5.41, 5.74) is 1.60.